The van der Waals surface area contributed by atoms with Gasteiger partial charge in [-0.1, -0.05) is 29.3 Å². The van der Waals surface area contributed by atoms with E-state index in [0.717, 1.165) is 5.56 Å². The molecule has 0 aliphatic carbocycles. The molecule has 0 bridgehead atoms. The van der Waals surface area contributed by atoms with E-state index in [1.807, 2.05) is 0 Å². The van der Waals surface area contributed by atoms with Crippen molar-refractivity contribution < 1.29 is 27.6 Å². The van der Waals surface area contributed by atoms with Crippen LogP contribution >= 0.6 is 11.6 Å². The molecule has 1 heterocycles. The van der Waals surface area contributed by atoms with Crippen molar-refractivity contribution in [3.05, 3.63) is 64.7 Å². The molecular weight excluding hydrogens is 399 g/mol. The van der Waals surface area contributed by atoms with E-state index in [-0.39, 0.29) is 16.3 Å². The fourth-order valence-corrected chi connectivity index (χ4v) is 2.78. The molecule has 0 saturated carbocycles. The summed E-state index contributed by atoms with van der Waals surface area (Å²) in [7, 11) is 0. The van der Waals surface area contributed by atoms with Crippen LogP contribution in [0.1, 0.15) is 15.9 Å². The molecule has 10 heteroatoms. The maximum Gasteiger partial charge on any atom is 0.440 e. The molecule has 2 aromatic rings. The summed E-state index contributed by atoms with van der Waals surface area (Å²) in [6.07, 6.45) is -5.29. The number of alkyl halides is 3. The van der Waals surface area contributed by atoms with Gasteiger partial charge in [0.1, 0.15) is 0 Å². The van der Waals surface area contributed by atoms with Crippen molar-refractivity contribution in [2.75, 3.05) is 4.90 Å². The molecule has 1 saturated heterocycles. The van der Waals surface area contributed by atoms with Gasteiger partial charge in [0.15, 0.2) is 0 Å². The number of rotatable bonds is 3. The number of hydrogen-bond acceptors (Lipinski definition) is 3. The summed E-state index contributed by atoms with van der Waals surface area (Å²) in [6, 6.07) is 9.43. The lowest BCUT2D eigenvalue weighted by atomic mass is 10.1. The number of hydrogen-bond donors (Lipinski definition) is 2. The van der Waals surface area contributed by atoms with Gasteiger partial charge in [0.05, 0.1) is 5.69 Å². The molecular formula is C18H13ClF3N3O3. The van der Waals surface area contributed by atoms with Gasteiger partial charge in [0.25, 0.3) is 17.5 Å². The summed E-state index contributed by atoms with van der Waals surface area (Å²) >= 11 is 5.73. The number of carbonyl (C=O) groups excluding carboxylic acids is 3. The van der Waals surface area contributed by atoms with Gasteiger partial charge < -0.3 is 5.32 Å². The monoisotopic (exact) mass is 411 g/mol. The Morgan fingerprint density at radius 1 is 1.07 bits per heavy atom. The SMILES string of the molecule is Cc1ccc(C(=O)N[C@@]2(C(F)(F)F)NC(=O)N(c3ccc(Cl)cc3)C2=O)cc1. The van der Waals surface area contributed by atoms with Crippen LogP contribution in [0.3, 0.4) is 0 Å². The molecule has 2 N–H and O–H groups in total. The van der Waals surface area contributed by atoms with E-state index in [2.05, 4.69) is 0 Å². The van der Waals surface area contributed by atoms with Crippen molar-refractivity contribution >= 4 is 35.1 Å². The number of halogens is 4. The van der Waals surface area contributed by atoms with Gasteiger partial charge in [0, 0.05) is 10.6 Å². The molecule has 1 fully saturated rings. The summed E-state index contributed by atoms with van der Waals surface area (Å²) in [5.74, 6) is -2.84. The molecule has 0 radical (unpaired) electrons. The van der Waals surface area contributed by atoms with E-state index < -0.39 is 29.7 Å². The van der Waals surface area contributed by atoms with E-state index >= 15 is 0 Å². The third-order valence-electron chi connectivity index (χ3n) is 4.15. The van der Waals surface area contributed by atoms with Crippen molar-refractivity contribution in [1.29, 1.82) is 0 Å². The first-order chi connectivity index (χ1) is 13.0. The van der Waals surface area contributed by atoms with E-state index in [1.54, 1.807) is 17.6 Å². The molecule has 3 rings (SSSR count). The van der Waals surface area contributed by atoms with Gasteiger partial charge >= 0.3 is 12.2 Å². The van der Waals surface area contributed by atoms with Crippen molar-refractivity contribution in [2.24, 2.45) is 0 Å². The lowest BCUT2D eigenvalue weighted by molar-refractivity contribution is -0.197. The first kappa shape index (κ1) is 19.7. The fraction of sp³-hybridized carbons (Fsp3) is 0.167. The molecule has 1 atom stereocenters. The summed E-state index contributed by atoms with van der Waals surface area (Å²) in [5, 5.41) is 3.50. The largest absolute Gasteiger partial charge is 0.440 e. The number of urea groups is 1. The van der Waals surface area contributed by atoms with Crippen LogP contribution in [-0.2, 0) is 4.79 Å². The second kappa shape index (κ2) is 6.83. The van der Waals surface area contributed by atoms with Crippen molar-refractivity contribution in [3.63, 3.8) is 0 Å². The predicted molar refractivity (Wildman–Crippen MR) is 94.9 cm³/mol. The lowest BCUT2D eigenvalue weighted by Crippen LogP contribution is -2.69. The van der Waals surface area contributed by atoms with Gasteiger partial charge in [-0.2, -0.15) is 13.2 Å². The van der Waals surface area contributed by atoms with Crippen LogP contribution in [-0.4, -0.2) is 29.7 Å². The maximum absolute atomic E-state index is 13.8. The van der Waals surface area contributed by atoms with Crippen LogP contribution in [0.25, 0.3) is 0 Å². The molecule has 1 aliphatic heterocycles. The Morgan fingerprint density at radius 2 is 1.64 bits per heavy atom. The molecule has 1 aliphatic rings. The minimum absolute atomic E-state index is 0.0961. The number of aryl methyl sites for hydroxylation is 1. The molecule has 0 unspecified atom stereocenters. The molecule has 146 valence electrons. The van der Waals surface area contributed by atoms with Crippen LogP contribution in [0.15, 0.2) is 48.5 Å². The lowest BCUT2D eigenvalue weighted by Gasteiger charge is -2.29. The highest BCUT2D eigenvalue weighted by atomic mass is 35.5. The molecule has 28 heavy (non-hydrogen) atoms. The minimum Gasteiger partial charge on any atom is -0.314 e. The number of amides is 4. The first-order valence-corrected chi connectivity index (χ1v) is 8.31. The van der Waals surface area contributed by atoms with E-state index in [0.29, 0.717) is 4.90 Å². The number of imide groups is 1. The standard InChI is InChI=1S/C18H13ClF3N3O3/c1-10-2-4-11(5-3-10)14(26)23-17(18(20,21)22)15(27)25(16(28)24-17)13-8-6-12(19)7-9-13/h2-9H,1H3,(H,23,26)(H,24,28)/t17-/m1/s1. The Morgan fingerprint density at radius 3 is 2.18 bits per heavy atom. The zero-order valence-corrected chi connectivity index (χ0v) is 15.1. The number of benzene rings is 2. The van der Waals surface area contributed by atoms with Crippen LogP contribution in [0.2, 0.25) is 5.02 Å². The average molecular weight is 412 g/mol. The van der Waals surface area contributed by atoms with Gasteiger partial charge in [-0.15, -0.1) is 0 Å². The molecule has 2 aromatic carbocycles. The number of anilines is 1. The average Bonchev–Trinajstić information content (AvgIpc) is 2.87. The van der Waals surface area contributed by atoms with E-state index in [4.69, 9.17) is 11.6 Å². The van der Waals surface area contributed by atoms with Crippen LogP contribution in [0.4, 0.5) is 23.7 Å². The maximum atomic E-state index is 13.8. The third kappa shape index (κ3) is 3.29. The Balaban J connectivity index is 1.99. The highest BCUT2D eigenvalue weighted by Crippen LogP contribution is 2.36. The third-order valence-corrected chi connectivity index (χ3v) is 4.40. The molecule has 4 amide bonds. The Kier molecular flexibility index (Phi) is 4.80. The summed E-state index contributed by atoms with van der Waals surface area (Å²) < 4.78 is 41.5. The molecule has 6 nitrogen and oxygen atoms in total. The second-order valence-electron chi connectivity index (χ2n) is 6.12. The quantitative estimate of drug-likeness (QED) is 0.760. The van der Waals surface area contributed by atoms with Crippen molar-refractivity contribution in [2.45, 2.75) is 18.8 Å². The first-order valence-electron chi connectivity index (χ1n) is 7.93. The van der Waals surface area contributed by atoms with Gasteiger partial charge in [0.2, 0.25) is 0 Å². The molecule has 0 aromatic heterocycles. The van der Waals surface area contributed by atoms with Gasteiger partial charge in [-0.25, -0.2) is 9.69 Å². The summed E-state index contributed by atoms with van der Waals surface area (Å²) in [6.45, 7) is 1.74. The van der Waals surface area contributed by atoms with Crippen LogP contribution < -0.4 is 15.5 Å². The minimum atomic E-state index is -5.29. The van der Waals surface area contributed by atoms with Crippen LogP contribution in [0.5, 0.6) is 0 Å². The Hall–Kier alpha value is -3.07. The summed E-state index contributed by atoms with van der Waals surface area (Å²) in [4.78, 5) is 37.5. The van der Waals surface area contributed by atoms with Crippen molar-refractivity contribution in [3.8, 4) is 0 Å². The number of nitrogens with one attached hydrogen (secondary N) is 2. The second-order valence-corrected chi connectivity index (χ2v) is 6.55. The topological polar surface area (TPSA) is 78.5 Å². The van der Waals surface area contributed by atoms with Gasteiger partial charge in [-0.05, 0) is 43.3 Å². The highest BCUT2D eigenvalue weighted by molar-refractivity contribution is 6.31. The normalized spacial score (nSPS) is 19.5. The Labute approximate surface area is 162 Å². The van der Waals surface area contributed by atoms with E-state index in [1.165, 1.54) is 48.5 Å². The van der Waals surface area contributed by atoms with E-state index in [9.17, 15) is 27.6 Å². The molecule has 0 spiro atoms. The smallest absolute Gasteiger partial charge is 0.314 e. The van der Waals surface area contributed by atoms with Gasteiger partial charge in [-0.3, -0.25) is 14.9 Å². The zero-order chi connectivity index (χ0) is 20.7. The number of nitrogens with zero attached hydrogens (tertiary/aromatic N) is 1. The fourth-order valence-electron chi connectivity index (χ4n) is 2.65. The summed E-state index contributed by atoms with van der Waals surface area (Å²) in [5.41, 5.74) is -3.02. The highest BCUT2D eigenvalue weighted by Gasteiger charge is 2.69. The zero-order valence-electron chi connectivity index (χ0n) is 14.3. The Bertz CT molecular complexity index is 945. The predicted octanol–water partition coefficient (Wildman–Crippen LogP) is 3.39. The van der Waals surface area contributed by atoms with Crippen molar-refractivity contribution in [1.82, 2.24) is 10.6 Å². The van der Waals surface area contributed by atoms with Crippen LogP contribution in [0, 0.1) is 6.92 Å². The number of carbonyl (C=O) groups is 3.